The second-order valence-electron chi connectivity index (χ2n) is 10.4. The number of aliphatic hydroxyl groups is 1. The highest BCUT2D eigenvalue weighted by atomic mass is 16.6. The van der Waals surface area contributed by atoms with Crippen molar-refractivity contribution in [2.45, 2.75) is 79.1 Å². The molecule has 1 aliphatic heterocycles. The number of nitrogens with one attached hydrogen (secondary N) is 2. The molecule has 8 nitrogen and oxygen atoms in total. The Morgan fingerprint density at radius 3 is 2.47 bits per heavy atom. The molecule has 1 heterocycles. The van der Waals surface area contributed by atoms with Gasteiger partial charge in [-0.25, -0.2) is 4.79 Å². The van der Waals surface area contributed by atoms with E-state index in [-0.39, 0.29) is 29.6 Å². The molecule has 0 spiro atoms. The number of carbonyl (C=O) groups is 3. The minimum atomic E-state index is -0.755. The fraction of sp³-hybridized carbons (Fsp3) is 0.500. The Morgan fingerprint density at radius 1 is 1.21 bits per heavy atom. The van der Waals surface area contributed by atoms with Crippen LogP contribution in [0.2, 0.25) is 0 Å². The lowest BCUT2D eigenvalue weighted by molar-refractivity contribution is -0.151. The molecule has 1 rings (SSSR count). The number of hydrogen-bond acceptors (Lipinski definition) is 6. The van der Waals surface area contributed by atoms with Crippen molar-refractivity contribution in [3.8, 4) is 0 Å². The molecule has 0 aliphatic carbocycles. The third-order valence-electron chi connectivity index (χ3n) is 5.86. The first kappa shape index (κ1) is 32.6. The monoisotopic (exact) mass is 528 g/mol. The smallest absolute Gasteiger partial charge is 0.373 e. The van der Waals surface area contributed by atoms with Crippen molar-refractivity contribution in [1.82, 2.24) is 10.6 Å². The average Bonchev–Trinajstić information content (AvgIpc) is 2.85. The van der Waals surface area contributed by atoms with E-state index >= 15 is 0 Å². The molecule has 3 N–H and O–H groups in total. The van der Waals surface area contributed by atoms with E-state index in [4.69, 9.17) is 9.47 Å². The average molecular weight is 529 g/mol. The predicted molar refractivity (Wildman–Crippen MR) is 150 cm³/mol. The summed E-state index contributed by atoms with van der Waals surface area (Å²) in [5.41, 5.74) is 0.439. The number of allylic oxidation sites excluding steroid dienone is 5. The van der Waals surface area contributed by atoms with Crippen LogP contribution in [0.25, 0.3) is 0 Å². The van der Waals surface area contributed by atoms with Crippen LogP contribution < -0.4 is 10.6 Å². The van der Waals surface area contributed by atoms with Gasteiger partial charge >= 0.3 is 5.97 Å². The molecule has 0 bridgehead atoms. The van der Waals surface area contributed by atoms with Gasteiger partial charge in [0.15, 0.2) is 5.76 Å². The van der Waals surface area contributed by atoms with Crippen molar-refractivity contribution >= 4 is 17.8 Å². The minimum absolute atomic E-state index is 0.00193. The molecule has 8 heteroatoms. The zero-order valence-corrected chi connectivity index (χ0v) is 23.7. The topological polar surface area (TPSA) is 114 Å². The number of esters is 1. The predicted octanol–water partition coefficient (Wildman–Crippen LogP) is 4.41. The van der Waals surface area contributed by atoms with Gasteiger partial charge in [-0.05, 0) is 44.4 Å². The van der Waals surface area contributed by atoms with Crippen LogP contribution in [-0.2, 0) is 23.9 Å². The van der Waals surface area contributed by atoms with Gasteiger partial charge < -0.3 is 25.2 Å². The lowest BCUT2D eigenvalue weighted by atomic mass is 9.86. The third kappa shape index (κ3) is 12.2. The van der Waals surface area contributed by atoms with Crippen LogP contribution in [0.1, 0.15) is 60.8 Å². The Hall–Kier alpha value is -3.39. The Balaban J connectivity index is 2.64. The SMILES string of the molecule is CC=CC[C@H](O)CC=CNC(=O)[C@@H](NC(=O)C=CC=CC(C)=C[C@H](C)[C@@H]1CC=C(OC)C(=O)O1)C(C)(C)C. The number of carbonyl (C=O) groups excluding carboxylic acids is 3. The van der Waals surface area contributed by atoms with E-state index in [2.05, 4.69) is 10.6 Å². The normalized spacial score (nSPS) is 19.5. The van der Waals surface area contributed by atoms with Gasteiger partial charge in [-0.15, -0.1) is 0 Å². The number of aliphatic hydroxyl groups excluding tert-OH is 1. The number of methoxy groups -OCH3 is 1. The maximum atomic E-state index is 12.7. The Bertz CT molecular complexity index is 981. The van der Waals surface area contributed by atoms with Gasteiger partial charge in [0.2, 0.25) is 11.8 Å². The van der Waals surface area contributed by atoms with E-state index in [9.17, 15) is 19.5 Å². The van der Waals surface area contributed by atoms with E-state index < -0.39 is 23.5 Å². The van der Waals surface area contributed by atoms with E-state index in [1.165, 1.54) is 19.4 Å². The molecule has 0 aromatic carbocycles. The number of cyclic esters (lactones) is 1. The van der Waals surface area contributed by atoms with Crippen molar-refractivity contribution in [3.63, 3.8) is 0 Å². The second kappa shape index (κ2) is 16.5. The molecule has 0 saturated heterocycles. The molecule has 0 saturated carbocycles. The van der Waals surface area contributed by atoms with Crippen LogP contribution >= 0.6 is 0 Å². The summed E-state index contributed by atoms with van der Waals surface area (Å²) in [4.78, 5) is 37.1. The van der Waals surface area contributed by atoms with Gasteiger partial charge in [-0.2, -0.15) is 0 Å². The molecule has 2 amide bonds. The second-order valence-corrected chi connectivity index (χ2v) is 10.4. The van der Waals surface area contributed by atoms with Crippen molar-refractivity contribution in [1.29, 1.82) is 0 Å². The van der Waals surface area contributed by atoms with Crippen molar-refractivity contribution in [3.05, 3.63) is 72.2 Å². The number of rotatable bonds is 13. The first-order valence-electron chi connectivity index (χ1n) is 12.9. The van der Waals surface area contributed by atoms with Crippen LogP contribution in [0.15, 0.2) is 72.2 Å². The zero-order valence-electron chi connectivity index (χ0n) is 23.7. The highest BCUT2D eigenvalue weighted by Crippen LogP contribution is 2.23. The van der Waals surface area contributed by atoms with Crippen molar-refractivity contribution in [2.75, 3.05) is 7.11 Å². The van der Waals surface area contributed by atoms with Crippen LogP contribution in [0.4, 0.5) is 0 Å². The Morgan fingerprint density at radius 2 is 1.87 bits per heavy atom. The number of ether oxygens (including phenoxy) is 2. The summed E-state index contributed by atoms with van der Waals surface area (Å²) in [7, 11) is 1.44. The van der Waals surface area contributed by atoms with Gasteiger partial charge in [0.05, 0.1) is 13.2 Å². The molecule has 0 aromatic rings. The van der Waals surface area contributed by atoms with Crippen LogP contribution in [0, 0.1) is 11.3 Å². The summed E-state index contributed by atoms with van der Waals surface area (Å²) in [6, 6.07) is -0.755. The highest BCUT2D eigenvalue weighted by Gasteiger charge is 2.32. The molecule has 0 aromatic heterocycles. The summed E-state index contributed by atoms with van der Waals surface area (Å²) in [6.45, 7) is 11.4. The standard InChI is InChI=1S/C30H44N2O6/c1-8-9-14-23(33)15-12-19-31-28(35)27(30(4,5)6)32-26(34)16-11-10-13-21(2)20-22(3)24-17-18-25(37-7)29(36)38-24/h8-13,16,18-20,22-24,27,33H,14-15,17H2,1-7H3,(H,31,35)(H,32,34)/t22-,23-,24-,27+/m0/s1. The Labute approximate surface area is 227 Å². The van der Waals surface area contributed by atoms with Gasteiger partial charge in [0.1, 0.15) is 12.1 Å². The quantitative estimate of drug-likeness (QED) is 0.141. The van der Waals surface area contributed by atoms with E-state index in [0.717, 1.165) is 5.57 Å². The van der Waals surface area contributed by atoms with E-state index in [1.807, 2.05) is 65.8 Å². The number of amides is 2. The molecule has 0 unspecified atom stereocenters. The largest absolute Gasteiger partial charge is 0.490 e. The lowest BCUT2D eigenvalue weighted by Crippen LogP contribution is -2.52. The first-order chi connectivity index (χ1) is 17.9. The molecule has 0 fully saturated rings. The van der Waals surface area contributed by atoms with E-state index in [0.29, 0.717) is 19.3 Å². The molecular weight excluding hydrogens is 484 g/mol. The Kier molecular flexibility index (Phi) is 14.1. The van der Waals surface area contributed by atoms with Crippen LogP contribution in [-0.4, -0.2) is 48.2 Å². The molecule has 210 valence electrons. The molecule has 4 atom stereocenters. The highest BCUT2D eigenvalue weighted by molar-refractivity contribution is 5.93. The van der Waals surface area contributed by atoms with Gasteiger partial charge in [-0.3, -0.25) is 9.59 Å². The summed E-state index contributed by atoms with van der Waals surface area (Å²) in [5, 5.41) is 15.3. The van der Waals surface area contributed by atoms with Crippen LogP contribution in [0.3, 0.4) is 0 Å². The lowest BCUT2D eigenvalue weighted by Gasteiger charge is -2.29. The molecule has 38 heavy (non-hydrogen) atoms. The summed E-state index contributed by atoms with van der Waals surface area (Å²) in [5.74, 6) is -0.945. The van der Waals surface area contributed by atoms with Crippen molar-refractivity contribution in [2.24, 2.45) is 11.3 Å². The van der Waals surface area contributed by atoms with E-state index in [1.54, 1.807) is 24.3 Å². The summed E-state index contributed by atoms with van der Waals surface area (Å²) >= 11 is 0. The zero-order chi connectivity index (χ0) is 28.7. The minimum Gasteiger partial charge on any atom is -0.490 e. The van der Waals surface area contributed by atoms with Crippen LogP contribution in [0.5, 0.6) is 0 Å². The van der Waals surface area contributed by atoms with Gasteiger partial charge in [-0.1, -0.05) is 75.8 Å². The first-order valence-corrected chi connectivity index (χ1v) is 12.9. The molecule has 0 radical (unpaired) electrons. The summed E-state index contributed by atoms with van der Waals surface area (Å²) < 4.78 is 10.4. The third-order valence-corrected chi connectivity index (χ3v) is 5.86. The number of hydrogen-bond donors (Lipinski definition) is 3. The molecule has 1 aliphatic rings. The summed E-state index contributed by atoms with van der Waals surface area (Å²) in [6.07, 6.45) is 18.0. The maximum absolute atomic E-state index is 12.7. The fourth-order valence-corrected chi connectivity index (χ4v) is 3.67. The van der Waals surface area contributed by atoms with Crippen molar-refractivity contribution < 1.29 is 29.0 Å². The van der Waals surface area contributed by atoms with Gasteiger partial charge in [0, 0.05) is 18.4 Å². The molecular formula is C30H44N2O6. The van der Waals surface area contributed by atoms with Gasteiger partial charge in [0.25, 0.3) is 0 Å². The maximum Gasteiger partial charge on any atom is 0.373 e. The fourth-order valence-electron chi connectivity index (χ4n) is 3.67.